The lowest BCUT2D eigenvalue weighted by Crippen LogP contribution is -2.41. The van der Waals surface area contributed by atoms with Crippen LogP contribution in [0.2, 0.25) is 0 Å². The molecular weight excluding hydrogens is 338 g/mol. The standard InChI is InChI=1S/C18H21N3O5/c1-12-4-3-5-13(8-12)9-14(17(24)25)10-19-15(22)11-21-7-6-16(23)20(2)18(21)26/h3-8,14H,9-11H2,1-2H3,(H,19,22)(H,24,25). The first kappa shape index (κ1) is 19.2. The molecule has 0 saturated heterocycles. The lowest BCUT2D eigenvalue weighted by atomic mass is 9.98. The van der Waals surface area contributed by atoms with Crippen LogP contribution in [0.1, 0.15) is 11.1 Å². The van der Waals surface area contributed by atoms with Crippen LogP contribution in [0.5, 0.6) is 0 Å². The number of carboxylic acid groups (broad SMARTS) is 1. The predicted molar refractivity (Wildman–Crippen MR) is 95.0 cm³/mol. The van der Waals surface area contributed by atoms with Crippen LogP contribution in [-0.2, 0) is 29.6 Å². The summed E-state index contributed by atoms with van der Waals surface area (Å²) >= 11 is 0. The molecule has 0 aliphatic heterocycles. The average molecular weight is 359 g/mol. The molecule has 2 rings (SSSR count). The Hall–Kier alpha value is -3.16. The van der Waals surface area contributed by atoms with Gasteiger partial charge in [0.15, 0.2) is 0 Å². The van der Waals surface area contributed by atoms with Gasteiger partial charge in [0, 0.05) is 25.9 Å². The first-order valence-electron chi connectivity index (χ1n) is 8.09. The lowest BCUT2D eigenvalue weighted by Gasteiger charge is -2.14. The Morgan fingerprint density at radius 2 is 1.96 bits per heavy atom. The number of benzene rings is 1. The van der Waals surface area contributed by atoms with Crippen LogP contribution >= 0.6 is 0 Å². The van der Waals surface area contributed by atoms with Crippen molar-refractivity contribution in [2.45, 2.75) is 19.9 Å². The highest BCUT2D eigenvalue weighted by atomic mass is 16.4. The Morgan fingerprint density at radius 3 is 2.62 bits per heavy atom. The molecule has 8 nitrogen and oxygen atoms in total. The fraction of sp³-hybridized carbons (Fsp3) is 0.333. The van der Waals surface area contributed by atoms with Crippen LogP contribution in [0, 0.1) is 12.8 Å². The summed E-state index contributed by atoms with van der Waals surface area (Å²) in [5, 5.41) is 11.9. The van der Waals surface area contributed by atoms with E-state index in [2.05, 4.69) is 5.32 Å². The predicted octanol–water partition coefficient (Wildman–Crippen LogP) is -0.0849. The van der Waals surface area contributed by atoms with Gasteiger partial charge in [-0.1, -0.05) is 29.8 Å². The molecule has 1 amide bonds. The van der Waals surface area contributed by atoms with Crippen molar-refractivity contribution in [3.63, 3.8) is 0 Å². The number of nitrogens with one attached hydrogen (secondary N) is 1. The quantitative estimate of drug-likeness (QED) is 0.718. The number of hydrogen-bond donors (Lipinski definition) is 2. The average Bonchev–Trinajstić information content (AvgIpc) is 2.59. The van der Waals surface area contributed by atoms with Crippen LogP contribution < -0.4 is 16.6 Å². The van der Waals surface area contributed by atoms with Gasteiger partial charge < -0.3 is 10.4 Å². The second-order valence-electron chi connectivity index (χ2n) is 6.16. The van der Waals surface area contributed by atoms with Gasteiger partial charge in [-0.2, -0.15) is 0 Å². The maximum absolute atomic E-state index is 12.0. The van der Waals surface area contributed by atoms with Gasteiger partial charge in [0.25, 0.3) is 5.56 Å². The van der Waals surface area contributed by atoms with Crippen molar-refractivity contribution in [1.82, 2.24) is 14.5 Å². The molecule has 0 bridgehead atoms. The SMILES string of the molecule is Cc1cccc(CC(CNC(=O)Cn2ccc(=O)n(C)c2=O)C(=O)O)c1. The van der Waals surface area contributed by atoms with Crippen molar-refractivity contribution >= 4 is 11.9 Å². The van der Waals surface area contributed by atoms with E-state index in [1.54, 1.807) is 0 Å². The monoisotopic (exact) mass is 359 g/mol. The fourth-order valence-corrected chi connectivity index (χ4v) is 2.55. The third-order valence-corrected chi connectivity index (χ3v) is 4.03. The molecular formula is C18H21N3O5. The molecule has 1 heterocycles. The molecule has 2 N–H and O–H groups in total. The Morgan fingerprint density at radius 1 is 1.23 bits per heavy atom. The fourth-order valence-electron chi connectivity index (χ4n) is 2.55. The Bertz CT molecular complexity index is 929. The van der Waals surface area contributed by atoms with E-state index in [1.165, 1.54) is 19.3 Å². The van der Waals surface area contributed by atoms with Crippen molar-refractivity contribution in [1.29, 1.82) is 0 Å². The first-order valence-corrected chi connectivity index (χ1v) is 8.09. The summed E-state index contributed by atoms with van der Waals surface area (Å²) in [6.45, 7) is 1.58. The van der Waals surface area contributed by atoms with Crippen molar-refractivity contribution in [2.75, 3.05) is 6.54 Å². The van der Waals surface area contributed by atoms with Gasteiger partial charge in [-0.15, -0.1) is 0 Å². The molecule has 2 aromatic rings. The van der Waals surface area contributed by atoms with E-state index in [0.29, 0.717) is 0 Å². The molecule has 1 unspecified atom stereocenters. The van der Waals surface area contributed by atoms with E-state index in [4.69, 9.17) is 0 Å². The number of amides is 1. The van der Waals surface area contributed by atoms with Gasteiger partial charge in [-0.05, 0) is 18.9 Å². The largest absolute Gasteiger partial charge is 0.481 e. The lowest BCUT2D eigenvalue weighted by molar-refractivity contribution is -0.141. The third-order valence-electron chi connectivity index (χ3n) is 4.03. The van der Waals surface area contributed by atoms with Gasteiger partial charge in [0.1, 0.15) is 6.54 Å². The number of carbonyl (C=O) groups excluding carboxylic acids is 1. The molecule has 0 radical (unpaired) electrons. The van der Waals surface area contributed by atoms with Gasteiger partial charge >= 0.3 is 11.7 Å². The topological polar surface area (TPSA) is 110 Å². The zero-order valence-corrected chi connectivity index (χ0v) is 14.6. The summed E-state index contributed by atoms with van der Waals surface area (Å²) in [6, 6.07) is 8.71. The number of carboxylic acids is 1. The van der Waals surface area contributed by atoms with Crippen molar-refractivity contribution in [3.05, 3.63) is 68.5 Å². The van der Waals surface area contributed by atoms with Crippen LogP contribution in [0.3, 0.4) is 0 Å². The van der Waals surface area contributed by atoms with Crippen LogP contribution in [0.25, 0.3) is 0 Å². The van der Waals surface area contributed by atoms with E-state index < -0.39 is 29.0 Å². The van der Waals surface area contributed by atoms with Crippen molar-refractivity contribution in [3.8, 4) is 0 Å². The molecule has 1 aromatic heterocycles. The second-order valence-corrected chi connectivity index (χ2v) is 6.16. The van der Waals surface area contributed by atoms with E-state index in [-0.39, 0.29) is 19.5 Å². The van der Waals surface area contributed by atoms with Crippen LogP contribution in [-0.4, -0.2) is 32.7 Å². The Kier molecular flexibility index (Phi) is 6.11. The molecule has 0 aliphatic rings. The number of nitrogens with zero attached hydrogens (tertiary/aromatic N) is 2. The van der Waals surface area contributed by atoms with Gasteiger partial charge in [0.05, 0.1) is 5.92 Å². The summed E-state index contributed by atoms with van der Waals surface area (Å²) in [5.41, 5.74) is 0.837. The molecule has 0 fully saturated rings. The highest BCUT2D eigenvalue weighted by Gasteiger charge is 2.19. The van der Waals surface area contributed by atoms with Crippen LogP contribution in [0.4, 0.5) is 0 Å². The third kappa shape index (κ3) is 4.92. The minimum Gasteiger partial charge on any atom is -0.481 e. The zero-order chi connectivity index (χ0) is 19.3. The first-order chi connectivity index (χ1) is 12.3. The maximum Gasteiger partial charge on any atom is 0.331 e. The number of hydrogen-bond acceptors (Lipinski definition) is 4. The molecule has 0 saturated carbocycles. The number of aryl methyl sites for hydroxylation is 1. The number of carbonyl (C=O) groups is 2. The second kappa shape index (κ2) is 8.28. The van der Waals surface area contributed by atoms with Gasteiger partial charge in [-0.25, -0.2) is 4.79 Å². The van der Waals surface area contributed by atoms with Gasteiger partial charge in [-0.3, -0.25) is 23.5 Å². The smallest absolute Gasteiger partial charge is 0.331 e. The summed E-state index contributed by atoms with van der Waals surface area (Å²) in [6.07, 6.45) is 1.53. The summed E-state index contributed by atoms with van der Waals surface area (Å²) in [7, 11) is 1.32. The maximum atomic E-state index is 12.0. The summed E-state index contributed by atoms with van der Waals surface area (Å²) in [4.78, 5) is 46.7. The molecule has 0 spiro atoms. The summed E-state index contributed by atoms with van der Waals surface area (Å²) < 4.78 is 1.98. The van der Waals surface area contributed by atoms with Crippen LogP contribution in [0.15, 0.2) is 46.1 Å². The molecule has 138 valence electrons. The number of aromatic nitrogens is 2. The highest BCUT2D eigenvalue weighted by molar-refractivity contribution is 5.77. The number of aliphatic carboxylic acids is 1. The molecule has 1 atom stereocenters. The normalized spacial score (nSPS) is 11.8. The van der Waals surface area contributed by atoms with E-state index >= 15 is 0 Å². The molecule has 1 aromatic carbocycles. The minimum absolute atomic E-state index is 0.0530. The zero-order valence-electron chi connectivity index (χ0n) is 14.6. The van der Waals surface area contributed by atoms with Crippen molar-refractivity contribution < 1.29 is 14.7 Å². The minimum atomic E-state index is -1.01. The Labute approximate surface area is 149 Å². The highest BCUT2D eigenvalue weighted by Crippen LogP contribution is 2.11. The molecule has 26 heavy (non-hydrogen) atoms. The number of rotatable bonds is 7. The van der Waals surface area contributed by atoms with E-state index in [0.717, 1.165) is 20.3 Å². The van der Waals surface area contributed by atoms with E-state index in [9.17, 15) is 24.3 Å². The van der Waals surface area contributed by atoms with Gasteiger partial charge in [0.2, 0.25) is 5.91 Å². The van der Waals surface area contributed by atoms with Crippen molar-refractivity contribution in [2.24, 2.45) is 13.0 Å². The molecule has 0 aliphatic carbocycles. The molecule has 8 heteroatoms. The Balaban J connectivity index is 1.99. The summed E-state index contributed by atoms with van der Waals surface area (Å²) in [5.74, 6) is -2.29. The van der Waals surface area contributed by atoms with E-state index in [1.807, 2.05) is 31.2 Å².